The molecule has 0 bridgehead atoms. The van der Waals surface area contributed by atoms with E-state index in [4.69, 9.17) is 16.3 Å². The van der Waals surface area contributed by atoms with Crippen LogP contribution in [-0.4, -0.2) is 30.7 Å². The number of aromatic nitrogens is 1. The van der Waals surface area contributed by atoms with Crippen LogP contribution in [0.4, 0.5) is 20.6 Å². The van der Waals surface area contributed by atoms with Crippen molar-refractivity contribution in [2.45, 2.75) is 6.92 Å². The van der Waals surface area contributed by atoms with E-state index in [2.05, 4.69) is 20.4 Å². The molecule has 1 aromatic heterocycles. The number of rotatable bonds is 6. The first kappa shape index (κ1) is 24.0. The van der Waals surface area contributed by atoms with E-state index in [-0.39, 0.29) is 6.61 Å². The lowest BCUT2D eigenvalue weighted by atomic mass is 10.1. The fourth-order valence-electron chi connectivity index (χ4n) is 3.35. The second-order valence-corrected chi connectivity index (χ2v) is 8.09. The van der Waals surface area contributed by atoms with Gasteiger partial charge < -0.3 is 20.1 Å². The van der Waals surface area contributed by atoms with Gasteiger partial charge in [-0.3, -0.25) is 0 Å². The summed E-state index contributed by atoms with van der Waals surface area (Å²) in [5.74, 6) is -0.583. The zero-order valence-corrected chi connectivity index (χ0v) is 19.7. The maximum Gasteiger partial charge on any atom is 0.343 e. The number of amides is 2. The first-order chi connectivity index (χ1) is 16.8. The SMILES string of the molecule is COC(=O)COc1cc(-c2cccc(Cl)c2)nc2ccc(NC(=O)Nc3ccc(C)c(F)c3)cc12. The van der Waals surface area contributed by atoms with E-state index in [0.29, 0.717) is 44.3 Å². The van der Waals surface area contributed by atoms with Gasteiger partial charge in [0.1, 0.15) is 11.6 Å². The number of methoxy groups -OCH3 is 1. The fraction of sp³-hybridized carbons (Fsp3) is 0.115. The number of carbonyl (C=O) groups is 2. The van der Waals surface area contributed by atoms with E-state index in [9.17, 15) is 14.0 Å². The summed E-state index contributed by atoms with van der Waals surface area (Å²) in [5.41, 5.74) is 3.20. The van der Waals surface area contributed by atoms with Crippen LogP contribution in [0.3, 0.4) is 0 Å². The Balaban J connectivity index is 1.64. The number of hydrogen-bond donors (Lipinski definition) is 2. The molecule has 0 spiro atoms. The number of urea groups is 1. The van der Waals surface area contributed by atoms with Gasteiger partial charge in [0.05, 0.1) is 18.3 Å². The molecule has 2 amide bonds. The van der Waals surface area contributed by atoms with Gasteiger partial charge in [-0.1, -0.05) is 29.8 Å². The van der Waals surface area contributed by atoms with E-state index < -0.39 is 17.8 Å². The van der Waals surface area contributed by atoms with Gasteiger partial charge in [-0.25, -0.2) is 19.0 Å². The summed E-state index contributed by atoms with van der Waals surface area (Å²) >= 11 is 6.13. The minimum absolute atomic E-state index is 0.304. The van der Waals surface area contributed by atoms with Gasteiger partial charge in [0.2, 0.25) is 0 Å². The van der Waals surface area contributed by atoms with Crippen LogP contribution in [0.25, 0.3) is 22.2 Å². The fourth-order valence-corrected chi connectivity index (χ4v) is 3.54. The Labute approximate surface area is 205 Å². The van der Waals surface area contributed by atoms with Crippen LogP contribution >= 0.6 is 11.6 Å². The minimum atomic E-state index is -0.548. The van der Waals surface area contributed by atoms with Crippen LogP contribution in [0.15, 0.2) is 66.7 Å². The highest BCUT2D eigenvalue weighted by Crippen LogP contribution is 2.33. The molecule has 0 aliphatic heterocycles. The Hall–Kier alpha value is -4.17. The minimum Gasteiger partial charge on any atom is -0.481 e. The third kappa shape index (κ3) is 5.85. The first-order valence-electron chi connectivity index (χ1n) is 10.6. The Kier molecular flexibility index (Phi) is 7.12. The van der Waals surface area contributed by atoms with Crippen molar-refractivity contribution in [2.24, 2.45) is 0 Å². The standard InChI is InChI=1S/C26H21ClFN3O4/c1-15-6-7-19(12-21(15)28)30-26(33)29-18-8-9-22-20(11-18)24(35-14-25(32)34-2)13-23(31-22)16-4-3-5-17(27)10-16/h3-13H,14H2,1-2H3,(H2,29,30,33). The molecule has 0 atom stereocenters. The van der Waals surface area contributed by atoms with Crippen molar-refractivity contribution >= 4 is 45.9 Å². The monoisotopic (exact) mass is 493 g/mol. The van der Waals surface area contributed by atoms with Gasteiger partial charge in [-0.2, -0.15) is 0 Å². The Bertz CT molecular complexity index is 1430. The second kappa shape index (κ2) is 10.4. The van der Waals surface area contributed by atoms with Crippen molar-refractivity contribution in [3.05, 3.63) is 83.1 Å². The van der Waals surface area contributed by atoms with Crippen molar-refractivity contribution in [3.63, 3.8) is 0 Å². The van der Waals surface area contributed by atoms with Gasteiger partial charge in [0.25, 0.3) is 0 Å². The number of esters is 1. The topological polar surface area (TPSA) is 89.6 Å². The lowest BCUT2D eigenvalue weighted by Crippen LogP contribution is -2.19. The highest BCUT2D eigenvalue weighted by Gasteiger charge is 2.13. The van der Waals surface area contributed by atoms with E-state index in [1.54, 1.807) is 55.5 Å². The van der Waals surface area contributed by atoms with Gasteiger partial charge in [0, 0.05) is 33.4 Å². The molecule has 0 unspecified atom stereocenters. The van der Waals surface area contributed by atoms with Crippen molar-refractivity contribution in [1.82, 2.24) is 4.98 Å². The highest BCUT2D eigenvalue weighted by atomic mass is 35.5. The van der Waals surface area contributed by atoms with Gasteiger partial charge in [0.15, 0.2) is 6.61 Å². The number of ether oxygens (including phenoxy) is 2. The van der Waals surface area contributed by atoms with E-state index in [1.165, 1.54) is 13.2 Å². The summed E-state index contributed by atoms with van der Waals surface area (Å²) < 4.78 is 24.2. The molecule has 2 N–H and O–H groups in total. The lowest BCUT2D eigenvalue weighted by molar-refractivity contribution is -0.142. The van der Waals surface area contributed by atoms with Gasteiger partial charge in [-0.15, -0.1) is 0 Å². The maximum atomic E-state index is 13.8. The lowest BCUT2D eigenvalue weighted by Gasteiger charge is -2.13. The van der Waals surface area contributed by atoms with Crippen LogP contribution in [0, 0.1) is 12.7 Å². The predicted molar refractivity (Wildman–Crippen MR) is 133 cm³/mol. The molecule has 0 fully saturated rings. The van der Waals surface area contributed by atoms with Crippen LogP contribution in [0.1, 0.15) is 5.56 Å². The molecule has 0 aliphatic carbocycles. The summed E-state index contributed by atoms with van der Waals surface area (Å²) in [6, 6.07) is 17.8. The van der Waals surface area contributed by atoms with Crippen LogP contribution in [0.5, 0.6) is 5.75 Å². The molecular weight excluding hydrogens is 473 g/mol. The molecule has 9 heteroatoms. The quantitative estimate of drug-likeness (QED) is 0.312. The molecule has 3 aromatic carbocycles. The number of nitrogens with one attached hydrogen (secondary N) is 2. The largest absolute Gasteiger partial charge is 0.481 e. The zero-order chi connectivity index (χ0) is 24.9. The summed E-state index contributed by atoms with van der Waals surface area (Å²) in [6.07, 6.45) is 0. The molecule has 7 nitrogen and oxygen atoms in total. The Morgan fingerprint density at radius 2 is 1.74 bits per heavy atom. The molecule has 4 rings (SSSR count). The number of benzene rings is 3. The van der Waals surface area contributed by atoms with Crippen molar-refractivity contribution in [1.29, 1.82) is 0 Å². The molecule has 0 aliphatic rings. The molecular formula is C26H21ClFN3O4. The third-order valence-corrected chi connectivity index (χ3v) is 5.39. The average molecular weight is 494 g/mol. The highest BCUT2D eigenvalue weighted by molar-refractivity contribution is 6.30. The number of aryl methyl sites for hydroxylation is 1. The van der Waals surface area contributed by atoms with Crippen molar-refractivity contribution in [3.8, 4) is 17.0 Å². The zero-order valence-electron chi connectivity index (χ0n) is 18.9. The molecule has 1 heterocycles. The number of halogens is 2. The van der Waals surface area contributed by atoms with Crippen LogP contribution in [0.2, 0.25) is 5.02 Å². The Morgan fingerprint density at radius 3 is 2.46 bits per heavy atom. The van der Waals surface area contributed by atoms with Gasteiger partial charge >= 0.3 is 12.0 Å². The number of carbonyl (C=O) groups excluding carboxylic acids is 2. The molecule has 0 saturated heterocycles. The molecule has 4 aromatic rings. The van der Waals surface area contributed by atoms with Gasteiger partial charge in [-0.05, 0) is 55.0 Å². The normalized spacial score (nSPS) is 10.6. The predicted octanol–water partition coefficient (Wildman–Crippen LogP) is 6.20. The first-order valence-corrected chi connectivity index (χ1v) is 10.9. The average Bonchev–Trinajstić information content (AvgIpc) is 2.84. The van der Waals surface area contributed by atoms with E-state index >= 15 is 0 Å². The molecule has 0 radical (unpaired) electrons. The summed E-state index contributed by atoms with van der Waals surface area (Å²) in [4.78, 5) is 28.8. The number of hydrogen-bond acceptors (Lipinski definition) is 5. The second-order valence-electron chi connectivity index (χ2n) is 7.66. The molecule has 35 heavy (non-hydrogen) atoms. The number of fused-ring (bicyclic) bond motifs is 1. The Morgan fingerprint density at radius 1 is 1.00 bits per heavy atom. The van der Waals surface area contributed by atoms with Crippen LogP contribution in [-0.2, 0) is 9.53 Å². The molecule has 0 saturated carbocycles. The number of nitrogens with zero attached hydrogens (tertiary/aromatic N) is 1. The summed E-state index contributed by atoms with van der Waals surface area (Å²) in [7, 11) is 1.27. The van der Waals surface area contributed by atoms with Crippen molar-refractivity contribution < 1.29 is 23.5 Å². The smallest absolute Gasteiger partial charge is 0.343 e. The number of anilines is 2. The van der Waals surface area contributed by atoms with E-state index in [1.807, 2.05) is 12.1 Å². The maximum absolute atomic E-state index is 13.8. The van der Waals surface area contributed by atoms with Crippen molar-refractivity contribution in [2.75, 3.05) is 24.4 Å². The molecule has 178 valence electrons. The number of pyridine rings is 1. The summed E-state index contributed by atoms with van der Waals surface area (Å²) in [5, 5.41) is 6.43. The third-order valence-electron chi connectivity index (χ3n) is 5.15. The summed E-state index contributed by atoms with van der Waals surface area (Å²) in [6.45, 7) is 1.34. The van der Waals surface area contributed by atoms with Crippen LogP contribution < -0.4 is 15.4 Å². The van der Waals surface area contributed by atoms with E-state index in [0.717, 1.165) is 5.56 Å².